The zero-order valence-electron chi connectivity index (χ0n) is 12.5. The zero-order valence-corrected chi connectivity index (χ0v) is 13.3. The van der Waals surface area contributed by atoms with Gasteiger partial charge in [0.1, 0.15) is 0 Å². The van der Waals surface area contributed by atoms with E-state index in [2.05, 4.69) is 10.0 Å². The number of carbonyl (C=O) groups is 1. The van der Waals surface area contributed by atoms with Gasteiger partial charge >= 0.3 is 5.97 Å². The second-order valence-electron chi connectivity index (χ2n) is 5.68. The Bertz CT molecular complexity index is 440. The fourth-order valence-corrected chi connectivity index (χ4v) is 4.20. The van der Waals surface area contributed by atoms with Crippen LogP contribution in [0.15, 0.2) is 0 Å². The molecule has 0 unspecified atom stereocenters. The number of hydrogen-bond donors (Lipinski definition) is 2. The molecule has 8 heteroatoms. The summed E-state index contributed by atoms with van der Waals surface area (Å²) in [4.78, 5) is 11.4. The number of methoxy groups -OCH3 is 1. The van der Waals surface area contributed by atoms with Gasteiger partial charge in [0.05, 0.1) is 13.0 Å². The van der Waals surface area contributed by atoms with E-state index >= 15 is 0 Å². The zero-order chi connectivity index (χ0) is 15.3. The average molecular weight is 319 g/mol. The van der Waals surface area contributed by atoms with Crippen molar-refractivity contribution in [1.82, 2.24) is 14.3 Å². The lowest BCUT2D eigenvalue weighted by atomic mass is 9.99. The molecule has 0 radical (unpaired) electrons. The Balaban J connectivity index is 1.74. The van der Waals surface area contributed by atoms with Crippen molar-refractivity contribution in [3.8, 4) is 0 Å². The molecule has 2 rings (SSSR count). The third kappa shape index (κ3) is 4.64. The monoisotopic (exact) mass is 319 g/mol. The lowest BCUT2D eigenvalue weighted by Crippen LogP contribution is -2.46. The number of hydrogen-bond acceptors (Lipinski definition) is 5. The standard InChI is InChI=1S/C13H25N3O4S/c1-20-13(17)11-5-9-16(10-6-11)21(18,19)15-8-4-12-3-2-7-14-12/h11-12,14-15H,2-10H2,1H3/t12-/m0/s1. The van der Waals surface area contributed by atoms with E-state index in [-0.39, 0.29) is 11.9 Å². The van der Waals surface area contributed by atoms with Gasteiger partial charge in [0, 0.05) is 25.7 Å². The van der Waals surface area contributed by atoms with Crippen molar-refractivity contribution in [1.29, 1.82) is 0 Å². The summed E-state index contributed by atoms with van der Waals surface area (Å²) in [5.41, 5.74) is 0. The fraction of sp³-hybridized carbons (Fsp3) is 0.923. The number of rotatable bonds is 6. The first-order valence-electron chi connectivity index (χ1n) is 7.59. The van der Waals surface area contributed by atoms with E-state index in [1.165, 1.54) is 17.8 Å². The SMILES string of the molecule is COC(=O)C1CCN(S(=O)(=O)NCC[C@@H]2CCCN2)CC1. The first-order valence-corrected chi connectivity index (χ1v) is 9.03. The van der Waals surface area contributed by atoms with Crippen molar-refractivity contribution in [3.05, 3.63) is 0 Å². The smallest absolute Gasteiger partial charge is 0.308 e. The molecular formula is C13H25N3O4S. The first-order chi connectivity index (χ1) is 10.0. The number of ether oxygens (including phenoxy) is 1. The summed E-state index contributed by atoms with van der Waals surface area (Å²) in [5, 5.41) is 3.35. The largest absolute Gasteiger partial charge is 0.469 e. The van der Waals surface area contributed by atoms with Crippen LogP contribution in [0, 0.1) is 5.92 Å². The summed E-state index contributed by atoms with van der Waals surface area (Å²) >= 11 is 0. The molecule has 1 atom stereocenters. The lowest BCUT2D eigenvalue weighted by Gasteiger charge is -2.30. The van der Waals surface area contributed by atoms with Gasteiger partial charge in [-0.3, -0.25) is 4.79 Å². The number of esters is 1. The van der Waals surface area contributed by atoms with Crippen LogP contribution in [-0.2, 0) is 19.7 Å². The van der Waals surface area contributed by atoms with E-state index in [1.54, 1.807) is 0 Å². The van der Waals surface area contributed by atoms with Crippen LogP contribution in [0.25, 0.3) is 0 Å². The maximum absolute atomic E-state index is 12.2. The normalized spacial score (nSPS) is 25.1. The molecule has 0 aliphatic carbocycles. The second kappa shape index (κ2) is 7.53. The van der Waals surface area contributed by atoms with Gasteiger partial charge in [0.2, 0.25) is 0 Å². The Morgan fingerprint density at radius 2 is 2.05 bits per heavy atom. The second-order valence-corrected chi connectivity index (χ2v) is 7.43. The first kappa shape index (κ1) is 16.7. The fourth-order valence-electron chi connectivity index (χ4n) is 2.96. The molecule has 0 saturated carbocycles. The Labute approximate surface area is 126 Å². The van der Waals surface area contributed by atoms with Crippen LogP contribution in [0.1, 0.15) is 32.1 Å². The highest BCUT2D eigenvalue weighted by Crippen LogP contribution is 2.20. The number of nitrogens with one attached hydrogen (secondary N) is 2. The molecule has 0 spiro atoms. The quantitative estimate of drug-likeness (QED) is 0.665. The molecule has 2 aliphatic rings. The van der Waals surface area contributed by atoms with Crippen molar-refractivity contribution in [3.63, 3.8) is 0 Å². The van der Waals surface area contributed by atoms with Gasteiger partial charge in [0.15, 0.2) is 0 Å². The molecule has 0 aromatic heterocycles. The predicted molar refractivity (Wildman–Crippen MR) is 78.9 cm³/mol. The molecule has 122 valence electrons. The highest BCUT2D eigenvalue weighted by molar-refractivity contribution is 7.87. The summed E-state index contributed by atoms with van der Waals surface area (Å²) < 4.78 is 33.2. The molecule has 0 aromatic rings. The van der Waals surface area contributed by atoms with Crippen LogP contribution in [0.3, 0.4) is 0 Å². The van der Waals surface area contributed by atoms with Gasteiger partial charge in [-0.2, -0.15) is 12.7 Å². The van der Waals surface area contributed by atoms with E-state index in [0.29, 0.717) is 38.5 Å². The van der Waals surface area contributed by atoms with Crippen molar-refractivity contribution < 1.29 is 17.9 Å². The maximum atomic E-state index is 12.2. The van der Waals surface area contributed by atoms with Crippen LogP contribution < -0.4 is 10.0 Å². The average Bonchev–Trinajstić information content (AvgIpc) is 2.99. The van der Waals surface area contributed by atoms with Crippen LogP contribution in [0.4, 0.5) is 0 Å². The Kier molecular flexibility index (Phi) is 5.98. The number of carbonyl (C=O) groups excluding carboxylic acids is 1. The van der Waals surface area contributed by atoms with Gasteiger partial charge in [-0.25, -0.2) is 4.72 Å². The molecule has 2 heterocycles. The lowest BCUT2D eigenvalue weighted by molar-refractivity contribution is -0.146. The van der Waals surface area contributed by atoms with Gasteiger partial charge in [-0.05, 0) is 38.6 Å². The van der Waals surface area contributed by atoms with E-state index in [9.17, 15) is 13.2 Å². The summed E-state index contributed by atoms with van der Waals surface area (Å²) in [5.74, 6) is -0.420. The molecule has 2 saturated heterocycles. The minimum Gasteiger partial charge on any atom is -0.469 e. The van der Waals surface area contributed by atoms with Crippen molar-refractivity contribution in [2.75, 3.05) is 33.3 Å². The van der Waals surface area contributed by atoms with Crippen LogP contribution in [0.2, 0.25) is 0 Å². The van der Waals surface area contributed by atoms with E-state index in [0.717, 1.165) is 19.4 Å². The van der Waals surface area contributed by atoms with Crippen LogP contribution in [-0.4, -0.2) is 58.0 Å². The predicted octanol–water partition coefficient (Wildman–Crippen LogP) is -0.152. The van der Waals surface area contributed by atoms with Crippen molar-refractivity contribution in [2.24, 2.45) is 5.92 Å². The Hall–Kier alpha value is -0.700. The van der Waals surface area contributed by atoms with Gasteiger partial charge in [-0.15, -0.1) is 0 Å². The molecule has 7 nitrogen and oxygen atoms in total. The van der Waals surface area contributed by atoms with E-state index in [1.807, 2.05) is 0 Å². The number of piperidine rings is 1. The third-order valence-corrected chi connectivity index (χ3v) is 5.88. The molecule has 2 N–H and O–H groups in total. The van der Waals surface area contributed by atoms with Crippen molar-refractivity contribution >= 4 is 16.2 Å². The van der Waals surface area contributed by atoms with Gasteiger partial charge < -0.3 is 10.1 Å². The molecule has 0 aromatic carbocycles. The molecule has 0 bridgehead atoms. The van der Waals surface area contributed by atoms with Gasteiger partial charge in [-0.1, -0.05) is 0 Å². The summed E-state index contributed by atoms with van der Waals surface area (Å²) in [7, 11) is -2.06. The molecular weight excluding hydrogens is 294 g/mol. The van der Waals surface area contributed by atoms with E-state index in [4.69, 9.17) is 4.74 Å². The van der Waals surface area contributed by atoms with E-state index < -0.39 is 10.2 Å². The van der Waals surface area contributed by atoms with Crippen LogP contribution >= 0.6 is 0 Å². The van der Waals surface area contributed by atoms with Crippen LogP contribution in [0.5, 0.6) is 0 Å². The van der Waals surface area contributed by atoms with Gasteiger partial charge in [0.25, 0.3) is 10.2 Å². The maximum Gasteiger partial charge on any atom is 0.308 e. The number of nitrogens with zero attached hydrogens (tertiary/aromatic N) is 1. The molecule has 21 heavy (non-hydrogen) atoms. The molecule has 0 amide bonds. The highest BCUT2D eigenvalue weighted by Gasteiger charge is 2.31. The Morgan fingerprint density at radius 3 is 2.62 bits per heavy atom. The highest BCUT2D eigenvalue weighted by atomic mass is 32.2. The molecule has 2 fully saturated rings. The summed E-state index contributed by atoms with van der Waals surface area (Å²) in [6.45, 7) is 2.23. The minimum atomic E-state index is -3.43. The van der Waals surface area contributed by atoms with Crippen molar-refractivity contribution in [2.45, 2.75) is 38.1 Å². The Morgan fingerprint density at radius 1 is 1.33 bits per heavy atom. The summed E-state index contributed by atoms with van der Waals surface area (Å²) in [6.07, 6.45) is 4.15. The topological polar surface area (TPSA) is 87.7 Å². The summed E-state index contributed by atoms with van der Waals surface area (Å²) in [6, 6.07) is 0.428. The minimum absolute atomic E-state index is 0.177. The molecule has 2 aliphatic heterocycles. The third-order valence-electron chi connectivity index (χ3n) is 4.27.